The third kappa shape index (κ3) is 2.36. The van der Waals surface area contributed by atoms with E-state index in [2.05, 4.69) is 5.32 Å². The highest BCUT2D eigenvalue weighted by Crippen LogP contribution is 2.20. The van der Waals surface area contributed by atoms with Crippen LogP contribution in [0.3, 0.4) is 0 Å². The lowest BCUT2D eigenvalue weighted by Gasteiger charge is -2.19. The van der Waals surface area contributed by atoms with Gasteiger partial charge in [0.2, 0.25) is 0 Å². The van der Waals surface area contributed by atoms with Crippen molar-refractivity contribution in [2.24, 2.45) is 0 Å². The molecule has 1 aromatic heterocycles. The number of amides is 1. The maximum atomic E-state index is 11.9. The Hall–Kier alpha value is -1.07. The van der Waals surface area contributed by atoms with E-state index in [9.17, 15) is 4.79 Å². The second-order valence-corrected chi connectivity index (χ2v) is 4.93. The Kier molecular flexibility index (Phi) is 3.46. The molecule has 1 aliphatic rings. The van der Waals surface area contributed by atoms with Crippen molar-refractivity contribution in [3.8, 4) is 0 Å². The molecule has 1 fully saturated rings. The van der Waals surface area contributed by atoms with Crippen LogP contribution in [0.1, 0.15) is 29.4 Å². The number of carbonyl (C=O) groups excluding carboxylic acids is 1. The zero-order valence-electron chi connectivity index (χ0n) is 9.23. The molecule has 0 saturated carbocycles. The highest BCUT2D eigenvalue weighted by molar-refractivity contribution is 7.12. The van der Waals surface area contributed by atoms with Crippen molar-refractivity contribution in [2.45, 2.75) is 31.9 Å². The topological polar surface area (TPSA) is 64.4 Å². The number of nitrogens with one attached hydrogen (secondary N) is 1. The van der Waals surface area contributed by atoms with Crippen LogP contribution in [0.5, 0.6) is 0 Å². The lowest BCUT2D eigenvalue weighted by molar-refractivity contribution is 0.0715. The Morgan fingerprint density at radius 2 is 2.56 bits per heavy atom. The van der Waals surface area contributed by atoms with E-state index < -0.39 is 0 Å². The van der Waals surface area contributed by atoms with Gasteiger partial charge in [-0.2, -0.15) is 0 Å². The van der Waals surface area contributed by atoms with Gasteiger partial charge in [0.1, 0.15) is 4.88 Å². The van der Waals surface area contributed by atoms with Gasteiger partial charge in [0, 0.05) is 6.61 Å². The van der Waals surface area contributed by atoms with E-state index in [1.165, 1.54) is 11.3 Å². The molecule has 3 N–H and O–H groups in total. The van der Waals surface area contributed by atoms with Gasteiger partial charge in [0.25, 0.3) is 5.91 Å². The summed E-state index contributed by atoms with van der Waals surface area (Å²) in [6.07, 6.45) is 2.23. The number of anilines is 1. The zero-order chi connectivity index (χ0) is 11.5. The third-order valence-corrected chi connectivity index (χ3v) is 3.71. The average Bonchev–Trinajstić information content (AvgIpc) is 2.86. The molecule has 2 rings (SSSR count). The first kappa shape index (κ1) is 11.4. The Morgan fingerprint density at radius 3 is 3.12 bits per heavy atom. The summed E-state index contributed by atoms with van der Waals surface area (Å²) in [5.74, 6) is -0.101. The minimum atomic E-state index is -0.101. The van der Waals surface area contributed by atoms with Crippen LogP contribution in [-0.2, 0) is 4.74 Å². The fraction of sp³-hybridized carbons (Fsp3) is 0.545. The zero-order valence-corrected chi connectivity index (χ0v) is 10.0. The second-order valence-electron chi connectivity index (χ2n) is 4.02. The van der Waals surface area contributed by atoms with Crippen LogP contribution in [0.2, 0.25) is 0 Å². The van der Waals surface area contributed by atoms with Crippen molar-refractivity contribution in [2.75, 3.05) is 12.3 Å². The van der Waals surface area contributed by atoms with Gasteiger partial charge in [0.15, 0.2) is 0 Å². The van der Waals surface area contributed by atoms with Crippen LogP contribution in [0.25, 0.3) is 0 Å². The van der Waals surface area contributed by atoms with E-state index in [1.807, 2.05) is 12.3 Å². The van der Waals surface area contributed by atoms with Crippen molar-refractivity contribution < 1.29 is 9.53 Å². The molecule has 1 amide bonds. The van der Waals surface area contributed by atoms with Gasteiger partial charge >= 0.3 is 0 Å². The predicted octanol–water partition coefficient (Wildman–Crippen LogP) is 1.63. The Morgan fingerprint density at radius 1 is 1.75 bits per heavy atom. The van der Waals surface area contributed by atoms with Crippen LogP contribution in [0, 0.1) is 0 Å². The van der Waals surface area contributed by atoms with E-state index in [0.29, 0.717) is 10.6 Å². The second kappa shape index (κ2) is 4.84. The first-order chi connectivity index (χ1) is 7.68. The largest absolute Gasteiger partial charge is 0.397 e. The summed E-state index contributed by atoms with van der Waals surface area (Å²) in [6, 6.07) is 1.78. The molecule has 0 spiro atoms. The van der Waals surface area contributed by atoms with Gasteiger partial charge in [-0.15, -0.1) is 11.3 Å². The SMILES string of the molecule is CC(NC(=O)c1sccc1N)C1CCCO1. The van der Waals surface area contributed by atoms with Crippen molar-refractivity contribution >= 4 is 22.9 Å². The van der Waals surface area contributed by atoms with Gasteiger partial charge in [-0.3, -0.25) is 4.79 Å². The molecule has 0 aliphatic carbocycles. The normalized spacial score (nSPS) is 21.9. The molecule has 2 heterocycles. The molecule has 0 radical (unpaired) electrons. The van der Waals surface area contributed by atoms with Gasteiger partial charge in [-0.25, -0.2) is 0 Å². The third-order valence-electron chi connectivity index (χ3n) is 2.78. The molecule has 0 bridgehead atoms. The van der Waals surface area contributed by atoms with E-state index in [0.717, 1.165) is 19.4 Å². The summed E-state index contributed by atoms with van der Waals surface area (Å²) in [4.78, 5) is 12.4. The number of hydrogen-bond donors (Lipinski definition) is 2. The molecule has 0 aromatic carbocycles. The van der Waals surface area contributed by atoms with Gasteiger partial charge < -0.3 is 15.8 Å². The van der Waals surface area contributed by atoms with Crippen LogP contribution in [0.15, 0.2) is 11.4 Å². The lowest BCUT2D eigenvalue weighted by atomic mass is 10.1. The van der Waals surface area contributed by atoms with E-state index in [4.69, 9.17) is 10.5 Å². The lowest BCUT2D eigenvalue weighted by Crippen LogP contribution is -2.40. The molecular formula is C11H16N2O2S. The summed E-state index contributed by atoms with van der Waals surface area (Å²) >= 11 is 1.36. The van der Waals surface area contributed by atoms with Crippen molar-refractivity contribution in [1.82, 2.24) is 5.32 Å². The number of rotatable bonds is 3. The molecule has 2 atom stereocenters. The van der Waals surface area contributed by atoms with Crippen LogP contribution < -0.4 is 11.1 Å². The highest BCUT2D eigenvalue weighted by Gasteiger charge is 2.24. The number of carbonyl (C=O) groups is 1. The summed E-state index contributed by atoms with van der Waals surface area (Å²) in [7, 11) is 0. The summed E-state index contributed by atoms with van der Waals surface area (Å²) in [6.45, 7) is 2.77. The molecule has 88 valence electrons. The summed E-state index contributed by atoms with van der Waals surface area (Å²) in [5.41, 5.74) is 6.23. The van der Waals surface area contributed by atoms with E-state index >= 15 is 0 Å². The predicted molar refractivity (Wildman–Crippen MR) is 64.6 cm³/mol. The molecule has 4 nitrogen and oxygen atoms in total. The van der Waals surface area contributed by atoms with Gasteiger partial charge in [-0.05, 0) is 31.2 Å². The number of nitrogen functional groups attached to an aromatic ring is 1. The summed E-state index contributed by atoms with van der Waals surface area (Å²) in [5, 5.41) is 4.75. The number of nitrogens with two attached hydrogens (primary N) is 1. The Labute approximate surface area is 98.8 Å². The molecule has 5 heteroatoms. The van der Waals surface area contributed by atoms with Gasteiger partial charge in [-0.1, -0.05) is 0 Å². The van der Waals surface area contributed by atoms with E-state index in [1.54, 1.807) is 6.07 Å². The Bertz CT molecular complexity index is 372. The Balaban J connectivity index is 1.94. The number of thiophene rings is 1. The van der Waals surface area contributed by atoms with E-state index in [-0.39, 0.29) is 18.1 Å². The molecular weight excluding hydrogens is 224 g/mol. The maximum absolute atomic E-state index is 11.9. The monoisotopic (exact) mass is 240 g/mol. The van der Waals surface area contributed by atoms with Crippen LogP contribution in [0.4, 0.5) is 5.69 Å². The van der Waals surface area contributed by atoms with Gasteiger partial charge in [0.05, 0.1) is 17.8 Å². The minimum Gasteiger partial charge on any atom is -0.397 e. The standard InChI is InChI=1S/C11H16N2O2S/c1-7(9-3-2-5-15-9)13-11(14)10-8(12)4-6-16-10/h4,6-7,9H,2-3,5,12H2,1H3,(H,13,14). The minimum absolute atomic E-state index is 0.0384. The first-order valence-corrected chi connectivity index (χ1v) is 6.32. The number of hydrogen-bond acceptors (Lipinski definition) is 4. The quantitative estimate of drug-likeness (QED) is 0.844. The molecule has 16 heavy (non-hydrogen) atoms. The van der Waals surface area contributed by atoms with Crippen LogP contribution in [-0.4, -0.2) is 24.7 Å². The average molecular weight is 240 g/mol. The highest BCUT2D eigenvalue weighted by atomic mass is 32.1. The summed E-state index contributed by atoms with van der Waals surface area (Å²) < 4.78 is 5.52. The molecule has 1 aromatic rings. The fourth-order valence-electron chi connectivity index (χ4n) is 1.87. The molecule has 1 saturated heterocycles. The van der Waals surface area contributed by atoms with Crippen molar-refractivity contribution in [3.05, 3.63) is 16.3 Å². The fourth-order valence-corrected chi connectivity index (χ4v) is 2.59. The maximum Gasteiger partial charge on any atom is 0.263 e. The number of ether oxygens (including phenoxy) is 1. The van der Waals surface area contributed by atoms with Crippen molar-refractivity contribution in [3.63, 3.8) is 0 Å². The smallest absolute Gasteiger partial charge is 0.263 e. The first-order valence-electron chi connectivity index (χ1n) is 5.44. The molecule has 1 aliphatic heterocycles. The molecule has 2 unspecified atom stereocenters. The van der Waals surface area contributed by atoms with Crippen LogP contribution >= 0.6 is 11.3 Å². The van der Waals surface area contributed by atoms with Crippen molar-refractivity contribution in [1.29, 1.82) is 0 Å².